The normalized spacial score (nSPS) is 10.3. The molecule has 0 aliphatic carbocycles. The molecular weight excluding hydrogens is 342 g/mol. The Kier molecular flexibility index (Phi) is 5.89. The van der Waals surface area contributed by atoms with Crippen LogP contribution in [0, 0.1) is 0 Å². The van der Waals surface area contributed by atoms with Crippen LogP contribution in [0.4, 0.5) is 5.69 Å². The second-order valence-corrected chi connectivity index (χ2v) is 5.83. The molecule has 0 spiro atoms. The fourth-order valence-electron chi connectivity index (χ4n) is 2.59. The van der Waals surface area contributed by atoms with E-state index in [1.165, 1.54) is 0 Å². The van der Waals surface area contributed by atoms with E-state index in [0.29, 0.717) is 17.2 Å². The maximum absolute atomic E-state index is 12.2. The van der Waals surface area contributed by atoms with Gasteiger partial charge in [-0.15, -0.1) is 6.58 Å². The van der Waals surface area contributed by atoms with E-state index in [-0.39, 0.29) is 12.5 Å². The van der Waals surface area contributed by atoms with Crippen LogP contribution in [0.1, 0.15) is 5.56 Å². The zero-order valence-electron chi connectivity index (χ0n) is 15.1. The number of rotatable bonds is 8. The molecule has 0 unspecified atom stereocenters. The van der Waals surface area contributed by atoms with Crippen molar-refractivity contribution < 1.29 is 14.3 Å². The number of allylic oxidation sites excluding steroid dienone is 1. The number of methoxy groups -OCH3 is 1. The van der Waals surface area contributed by atoms with E-state index in [0.717, 1.165) is 17.7 Å². The molecule has 0 aliphatic heterocycles. The number of hydrogen-bond acceptors (Lipinski definition) is 4. The van der Waals surface area contributed by atoms with Gasteiger partial charge in [-0.1, -0.05) is 12.1 Å². The van der Waals surface area contributed by atoms with Crippen molar-refractivity contribution in [2.75, 3.05) is 19.0 Å². The highest BCUT2D eigenvalue weighted by molar-refractivity contribution is 5.92. The highest BCUT2D eigenvalue weighted by atomic mass is 16.5. The second kappa shape index (κ2) is 8.71. The average Bonchev–Trinajstić information content (AvgIpc) is 3.22. The van der Waals surface area contributed by atoms with Crippen molar-refractivity contribution in [2.45, 2.75) is 6.42 Å². The van der Waals surface area contributed by atoms with Crippen LogP contribution in [-0.2, 0) is 11.2 Å². The smallest absolute Gasteiger partial charge is 0.262 e. The molecule has 1 heterocycles. The van der Waals surface area contributed by atoms with E-state index in [9.17, 15) is 4.79 Å². The first-order valence-corrected chi connectivity index (χ1v) is 8.48. The largest absolute Gasteiger partial charge is 0.493 e. The number of ether oxygens (including phenoxy) is 2. The number of amides is 1. The van der Waals surface area contributed by atoms with Crippen molar-refractivity contribution >= 4 is 11.6 Å². The number of nitrogens with one attached hydrogen (secondary N) is 1. The number of hydrogen-bond donors (Lipinski definition) is 1. The van der Waals surface area contributed by atoms with Crippen LogP contribution in [-0.4, -0.2) is 29.2 Å². The lowest BCUT2D eigenvalue weighted by Crippen LogP contribution is -2.20. The summed E-state index contributed by atoms with van der Waals surface area (Å²) < 4.78 is 12.8. The van der Waals surface area contributed by atoms with E-state index < -0.39 is 0 Å². The number of nitrogens with zero attached hydrogens (tertiary/aromatic N) is 2. The first-order chi connectivity index (χ1) is 13.2. The Labute approximate surface area is 158 Å². The molecule has 3 aromatic rings. The zero-order chi connectivity index (χ0) is 19.1. The molecule has 1 aromatic heterocycles. The minimum absolute atomic E-state index is 0.111. The Hall–Kier alpha value is -3.54. The molecule has 27 heavy (non-hydrogen) atoms. The van der Waals surface area contributed by atoms with Gasteiger partial charge in [0.2, 0.25) is 0 Å². The van der Waals surface area contributed by atoms with E-state index in [2.05, 4.69) is 16.9 Å². The zero-order valence-corrected chi connectivity index (χ0v) is 15.1. The number of aromatic nitrogens is 2. The van der Waals surface area contributed by atoms with Gasteiger partial charge in [0.05, 0.1) is 13.4 Å². The maximum Gasteiger partial charge on any atom is 0.262 e. The molecule has 1 amide bonds. The van der Waals surface area contributed by atoms with Crippen molar-refractivity contribution in [3.63, 3.8) is 0 Å². The van der Waals surface area contributed by atoms with Gasteiger partial charge in [-0.2, -0.15) is 0 Å². The lowest BCUT2D eigenvalue weighted by molar-refractivity contribution is -0.118. The molecule has 2 aromatic carbocycles. The number of benzene rings is 2. The molecule has 138 valence electrons. The molecule has 3 rings (SSSR count). The van der Waals surface area contributed by atoms with Crippen LogP contribution in [0.5, 0.6) is 11.5 Å². The lowest BCUT2D eigenvalue weighted by atomic mass is 10.1. The van der Waals surface area contributed by atoms with Crippen molar-refractivity contribution in [2.24, 2.45) is 0 Å². The van der Waals surface area contributed by atoms with Gasteiger partial charge < -0.3 is 19.4 Å². The van der Waals surface area contributed by atoms with Crippen LogP contribution in [0.2, 0.25) is 0 Å². The fourth-order valence-corrected chi connectivity index (χ4v) is 2.59. The average molecular weight is 363 g/mol. The summed E-state index contributed by atoms with van der Waals surface area (Å²) in [5.41, 5.74) is 2.73. The lowest BCUT2D eigenvalue weighted by Gasteiger charge is -2.12. The molecule has 0 atom stereocenters. The van der Waals surface area contributed by atoms with Gasteiger partial charge in [0.1, 0.15) is 0 Å². The van der Waals surface area contributed by atoms with Crippen molar-refractivity contribution in [3.05, 3.63) is 79.4 Å². The van der Waals surface area contributed by atoms with E-state index in [4.69, 9.17) is 9.47 Å². The van der Waals surface area contributed by atoms with Gasteiger partial charge >= 0.3 is 0 Å². The predicted molar refractivity (Wildman–Crippen MR) is 105 cm³/mol. The number of carbonyl (C=O) groups is 1. The predicted octanol–water partition coefficient (Wildman–Crippen LogP) is 3.63. The minimum atomic E-state index is -0.248. The summed E-state index contributed by atoms with van der Waals surface area (Å²) in [6.45, 7) is 3.61. The van der Waals surface area contributed by atoms with Gasteiger partial charge in [0, 0.05) is 23.8 Å². The van der Waals surface area contributed by atoms with E-state index in [1.54, 1.807) is 25.7 Å². The standard InChI is InChI=1S/C21H21N3O3/c1-3-4-16-5-10-19(20(13-16)26-2)27-14-21(25)23-17-6-8-18(9-7-17)24-12-11-22-15-24/h3,5-13,15H,1,4,14H2,2H3,(H,23,25). The summed E-state index contributed by atoms with van der Waals surface area (Å²) >= 11 is 0. The Morgan fingerprint density at radius 3 is 2.70 bits per heavy atom. The number of anilines is 1. The monoisotopic (exact) mass is 363 g/mol. The quantitative estimate of drug-likeness (QED) is 0.621. The molecule has 0 fully saturated rings. The summed E-state index contributed by atoms with van der Waals surface area (Å²) in [7, 11) is 1.57. The van der Waals surface area contributed by atoms with Gasteiger partial charge in [0.25, 0.3) is 5.91 Å². The summed E-state index contributed by atoms with van der Waals surface area (Å²) in [6.07, 6.45) is 7.85. The molecule has 0 saturated carbocycles. The molecule has 0 radical (unpaired) electrons. The molecule has 1 N–H and O–H groups in total. The van der Waals surface area contributed by atoms with Crippen LogP contribution >= 0.6 is 0 Å². The van der Waals surface area contributed by atoms with E-state index in [1.807, 2.05) is 53.2 Å². The second-order valence-electron chi connectivity index (χ2n) is 5.83. The fraction of sp³-hybridized carbons (Fsp3) is 0.143. The first-order valence-electron chi connectivity index (χ1n) is 8.48. The third-order valence-electron chi connectivity index (χ3n) is 3.92. The number of carbonyl (C=O) groups excluding carboxylic acids is 1. The molecule has 6 nitrogen and oxygen atoms in total. The molecule has 0 bridgehead atoms. The first kappa shape index (κ1) is 18.3. The highest BCUT2D eigenvalue weighted by Crippen LogP contribution is 2.28. The minimum Gasteiger partial charge on any atom is -0.493 e. The number of imidazole rings is 1. The van der Waals surface area contributed by atoms with Gasteiger partial charge in [-0.05, 0) is 48.4 Å². The molecule has 6 heteroatoms. The topological polar surface area (TPSA) is 65.4 Å². The van der Waals surface area contributed by atoms with Crippen molar-refractivity contribution in [3.8, 4) is 17.2 Å². The van der Waals surface area contributed by atoms with Crippen LogP contribution in [0.15, 0.2) is 73.8 Å². The Morgan fingerprint density at radius 2 is 2.04 bits per heavy atom. The molecule has 0 saturated heterocycles. The van der Waals surface area contributed by atoms with Gasteiger partial charge in [-0.3, -0.25) is 4.79 Å². The van der Waals surface area contributed by atoms with Crippen molar-refractivity contribution in [1.82, 2.24) is 9.55 Å². The third kappa shape index (κ3) is 4.76. The van der Waals surface area contributed by atoms with Gasteiger partial charge in [-0.25, -0.2) is 4.98 Å². The molecule has 0 aliphatic rings. The maximum atomic E-state index is 12.2. The van der Waals surface area contributed by atoms with Crippen LogP contribution < -0.4 is 14.8 Å². The molecular formula is C21H21N3O3. The summed E-state index contributed by atoms with van der Waals surface area (Å²) in [5, 5.41) is 2.81. The Bertz CT molecular complexity index is 903. The van der Waals surface area contributed by atoms with Gasteiger partial charge in [0.15, 0.2) is 18.1 Å². The SMILES string of the molecule is C=CCc1ccc(OCC(=O)Nc2ccc(-n3ccnc3)cc2)c(OC)c1. The summed E-state index contributed by atoms with van der Waals surface area (Å²) in [5.74, 6) is 0.866. The summed E-state index contributed by atoms with van der Waals surface area (Å²) in [6, 6.07) is 13.1. The third-order valence-corrected chi connectivity index (χ3v) is 3.92. The van der Waals surface area contributed by atoms with Crippen molar-refractivity contribution in [1.29, 1.82) is 0 Å². The summed E-state index contributed by atoms with van der Waals surface area (Å²) in [4.78, 5) is 16.2. The Balaban J connectivity index is 1.57. The van der Waals surface area contributed by atoms with E-state index >= 15 is 0 Å². The van der Waals surface area contributed by atoms with Crippen LogP contribution in [0.3, 0.4) is 0 Å². The Morgan fingerprint density at radius 1 is 1.22 bits per heavy atom. The highest BCUT2D eigenvalue weighted by Gasteiger charge is 2.09. The van der Waals surface area contributed by atoms with Crippen LogP contribution in [0.25, 0.3) is 5.69 Å².